The van der Waals surface area contributed by atoms with Gasteiger partial charge in [0, 0.05) is 24.5 Å². The summed E-state index contributed by atoms with van der Waals surface area (Å²) in [6.45, 7) is 0. The van der Waals surface area contributed by atoms with Crippen molar-refractivity contribution in [2.75, 3.05) is 5.73 Å². The first-order chi connectivity index (χ1) is 8.81. The van der Waals surface area contributed by atoms with Gasteiger partial charge in [-0.2, -0.15) is 0 Å². The van der Waals surface area contributed by atoms with Crippen LogP contribution in [0.25, 0.3) is 0 Å². The van der Waals surface area contributed by atoms with E-state index in [1.54, 1.807) is 6.20 Å². The van der Waals surface area contributed by atoms with Crippen molar-refractivity contribution in [3.8, 4) is 5.75 Å². The number of ether oxygens (including phenoxy) is 1. The number of benzene rings is 1. The maximum atomic E-state index is 5.91. The van der Waals surface area contributed by atoms with Crippen molar-refractivity contribution in [2.45, 2.75) is 25.4 Å². The Hall–Kier alpha value is -2.03. The summed E-state index contributed by atoms with van der Waals surface area (Å²) < 4.78 is 5.72. The molecule has 3 rings (SSSR count). The predicted octanol–water partition coefficient (Wildman–Crippen LogP) is 2.80. The standard InChI is InChI=1S/C15H16N2O/c16-15-7-8-17-10-12(15)9-11-1-3-13(4-2-11)18-14-5-6-14/h1-4,7-8,10,14H,5-6,9H2,(H2,16,17). The summed E-state index contributed by atoms with van der Waals surface area (Å²) in [6.07, 6.45) is 7.17. The van der Waals surface area contributed by atoms with E-state index < -0.39 is 0 Å². The maximum absolute atomic E-state index is 5.91. The van der Waals surface area contributed by atoms with Gasteiger partial charge in [-0.05, 0) is 42.2 Å². The van der Waals surface area contributed by atoms with E-state index in [0.29, 0.717) is 6.10 Å². The molecule has 0 aliphatic heterocycles. The molecule has 0 radical (unpaired) electrons. The van der Waals surface area contributed by atoms with E-state index in [0.717, 1.165) is 23.4 Å². The van der Waals surface area contributed by atoms with Crippen LogP contribution in [0.15, 0.2) is 42.7 Å². The van der Waals surface area contributed by atoms with Gasteiger partial charge in [0.05, 0.1) is 6.10 Å². The Morgan fingerprint density at radius 3 is 2.61 bits per heavy atom. The summed E-state index contributed by atoms with van der Waals surface area (Å²) >= 11 is 0. The van der Waals surface area contributed by atoms with Crippen molar-refractivity contribution in [1.82, 2.24) is 4.98 Å². The van der Waals surface area contributed by atoms with Crippen molar-refractivity contribution in [1.29, 1.82) is 0 Å². The van der Waals surface area contributed by atoms with Crippen LogP contribution in [0.4, 0.5) is 5.69 Å². The van der Waals surface area contributed by atoms with E-state index in [9.17, 15) is 0 Å². The van der Waals surface area contributed by atoms with Gasteiger partial charge in [0.25, 0.3) is 0 Å². The van der Waals surface area contributed by atoms with Crippen molar-refractivity contribution < 1.29 is 4.74 Å². The molecule has 2 N–H and O–H groups in total. The van der Waals surface area contributed by atoms with Gasteiger partial charge in [0.2, 0.25) is 0 Å². The van der Waals surface area contributed by atoms with E-state index >= 15 is 0 Å². The Morgan fingerprint density at radius 2 is 1.94 bits per heavy atom. The Balaban J connectivity index is 1.70. The van der Waals surface area contributed by atoms with Crippen molar-refractivity contribution in [3.05, 3.63) is 53.9 Å². The highest BCUT2D eigenvalue weighted by Gasteiger charge is 2.23. The van der Waals surface area contributed by atoms with Gasteiger partial charge in [-0.25, -0.2) is 0 Å². The molecule has 0 atom stereocenters. The molecule has 0 unspecified atom stereocenters. The second-order valence-electron chi connectivity index (χ2n) is 4.71. The van der Waals surface area contributed by atoms with Crippen LogP contribution < -0.4 is 10.5 Å². The molecule has 0 spiro atoms. The first-order valence-electron chi connectivity index (χ1n) is 6.25. The molecule has 1 aliphatic carbocycles. The minimum atomic E-state index is 0.449. The number of nitrogens with two attached hydrogens (primary N) is 1. The average Bonchev–Trinajstić information content (AvgIpc) is 3.19. The number of nitrogens with zero attached hydrogens (tertiary/aromatic N) is 1. The average molecular weight is 240 g/mol. The summed E-state index contributed by atoms with van der Waals surface area (Å²) in [5.74, 6) is 0.959. The monoisotopic (exact) mass is 240 g/mol. The summed E-state index contributed by atoms with van der Waals surface area (Å²) in [4.78, 5) is 4.10. The molecule has 3 heteroatoms. The Labute approximate surface area is 107 Å². The molecule has 1 saturated carbocycles. The first-order valence-corrected chi connectivity index (χ1v) is 6.25. The van der Waals surface area contributed by atoms with E-state index in [1.807, 2.05) is 24.4 Å². The molecule has 2 aromatic rings. The van der Waals surface area contributed by atoms with Gasteiger partial charge in [0.15, 0.2) is 0 Å². The van der Waals surface area contributed by atoms with Crippen LogP contribution in [0.3, 0.4) is 0 Å². The van der Waals surface area contributed by atoms with Crippen LogP contribution in [0.2, 0.25) is 0 Å². The molecule has 1 aliphatic rings. The van der Waals surface area contributed by atoms with Gasteiger partial charge in [-0.15, -0.1) is 0 Å². The van der Waals surface area contributed by atoms with Crippen molar-refractivity contribution in [3.63, 3.8) is 0 Å². The number of hydrogen-bond acceptors (Lipinski definition) is 3. The summed E-state index contributed by atoms with van der Waals surface area (Å²) in [5.41, 5.74) is 8.99. The summed E-state index contributed by atoms with van der Waals surface area (Å²) in [5, 5.41) is 0. The molecule has 18 heavy (non-hydrogen) atoms. The molecule has 1 aromatic heterocycles. The number of rotatable bonds is 4. The highest BCUT2D eigenvalue weighted by molar-refractivity contribution is 5.47. The van der Waals surface area contributed by atoms with E-state index in [4.69, 9.17) is 10.5 Å². The van der Waals surface area contributed by atoms with Crippen LogP contribution in [0, 0.1) is 0 Å². The zero-order valence-electron chi connectivity index (χ0n) is 10.2. The van der Waals surface area contributed by atoms with Crippen molar-refractivity contribution in [2.24, 2.45) is 0 Å². The highest BCUT2D eigenvalue weighted by Crippen LogP contribution is 2.27. The fourth-order valence-electron chi connectivity index (χ4n) is 1.87. The van der Waals surface area contributed by atoms with Crippen LogP contribution >= 0.6 is 0 Å². The molecule has 3 nitrogen and oxygen atoms in total. The molecular weight excluding hydrogens is 224 g/mol. The maximum Gasteiger partial charge on any atom is 0.119 e. The lowest BCUT2D eigenvalue weighted by Crippen LogP contribution is -1.98. The first kappa shape index (κ1) is 11.1. The fraction of sp³-hybridized carbons (Fsp3) is 0.267. The zero-order valence-corrected chi connectivity index (χ0v) is 10.2. The lowest BCUT2D eigenvalue weighted by molar-refractivity contribution is 0.303. The van der Waals surface area contributed by atoms with Gasteiger partial charge in [-0.3, -0.25) is 4.98 Å². The number of pyridine rings is 1. The molecule has 1 fully saturated rings. The molecular formula is C15H16N2O. The van der Waals surface area contributed by atoms with Crippen LogP contribution in [-0.4, -0.2) is 11.1 Å². The quantitative estimate of drug-likeness (QED) is 0.894. The second kappa shape index (κ2) is 4.69. The Morgan fingerprint density at radius 1 is 1.17 bits per heavy atom. The minimum Gasteiger partial charge on any atom is -0.490 e. The highest BCUT2D eigenvalue weighted by atomic mass is 16.5. The number of hydrogen-bond donors (Lipinski definition) is 1. The third kappa shape index (κ3) is 2.62. The SMILES string of the molecule is Nc1ccncc1Cc1ccc(OC2CC2)cc1. The van der Waals surface area contributed by atoms with Gasteiger partial charge in [-0.1, -0.05) is 12.1 Å². The predicted molar refractivity (Wildman–Crippen MR) is 71.5 cm³/mol. The normalized spacial score (nSPS) is 14.4. The van der Waals surface area contributed by atoms with E-state index in [2.05, 4.69) is 17.1 Å². The third-order valence-corrected chi connectivity index (χ3v) is 3.09. The zero-order chi connectivity index (χ0) is 12.4. The lowest BCUT2D eigenvalue weighted by atomic mass is 10.1. The van der Waals surface area contributed by atoms with Crippen LogP contribution in [0.5, 0.6) is 5.75 Å². The minimum absolute atomic E-state index is 0.449. The molecule has 0 amide bonds. The fourth-order valence-corrected chi connectivity index (χ4v) is 1.87. The van der Waals surface area contributed by atoms with Gasteiger partial charge < -0.3 is 10.5 Å². The van der Waals surface area contributed by atoms with Crippen LogP contribution in [0.1, 0.15) is 24.0 Å². The number of anilines is 1. The molecule has 1 aromatic carbocycles. The van der Waals surface area contributed by atoms with E-state index in [-0.39, 0.29) is 0 Å². The smallest absolute Gasteiger partial charge is 0.119 e. The largest absolute Gasteiger partial charge is 0.490 e. The number of aromatic nitrogens is 1. The molecule has 1 heterocycles. The third-order valence-electron chi connectivity index (χ3n) is 3.09. The lowest BCUT2D eigenvalue weighted by Gasteiger charge is -2.07. The van der Waals surface area contributed by atoms with Gasteiger partial charge in [0.1, 0.15) is 5.75 Å². The Bertz CT molecular complexity index is 532. The summed E-state index contributed by atoms with van der Waals surface area (Å²) in [6, 6.07) is 10.1. The second-order valence-corrected chi connectivity index (χ2v) is 4.71. The topological polar surface area (TPSA) is 48.1 Å². The van der Waals surface area contributed by atoms with E-state index in [1.165, 1.54) is 18.4 Å². The molecule has 0 saturated heterocycles. The summed E-state index contributed by atoms with van der Waals surface area (Å²) in [7, 11) is 0. The molecule has 0 bridgehead atoms. The number of nitrogen functional groups attached to an aromatic ring is 1. The Kier molecular flexibility index (Phi) is 2.89. The van der Waals surface area contributed by atoms with Crippen molar-refractivity contribution >= 4 is 5.69 Å². The molecule has 92 valence electrons. The van der Waals surface area contributed by atoms with Gasteiger partial charge >= 0.3 is 0 Å². The van der Waals surface area contributed by atoms with Crippen LogP contribution in [-0.2, 0) is 6.42 Å².